The van der Waals surface area contributed by atoms with Crippen LogP contribution in [-0.4, -0.2) is 51.0 Å². The van der Waals surface area contributed by atoms with Crippen molar-refractivity contribution in [2.75, 3.05) is 24.2 Å². The molecule has 0 aliphatic rings. The molecular formula is C27H29Cl2N3O4S. The van der Waals surface area contributed by atoms with Crippen LogP contribution in [0.2, 0.25) is 10.0 Å². The van der Waals surface area contributed by atoms with Gasteiger partial charge in [-0.3, -0.25) is 13.9 Å². The van der Waals surface area contributed by atoms with Crippen LogP contribution in [0.1, 0.15) is 16.7 Å². The quantitative estimate of drug-likeness (QED) is 0.396. The average molecular weight is 563 g/mol. The monoisotopic (exact) mass is 561 g/mol. The van der Waals surface area contributed by atoms with Crippen LogP contribution >= 0.6 is 23.2 Å². The van der Waals surface area contributed by atoms with Crippen LogP contribution in [0.4, 0.5) is 5.69 Å². The molecule has 37 heavy (non-hydrogen) atoms. The number of sulfonamides is 1. The molecule has 0 aliphatic heterocycles. The van der Waals surface area contributed by atoms with Crippen LogP contribution in [0, 0.1) is 6.92 Å². The standard InChI is InChI=1S/C27H29Cl2N3O4S/c1-19-22(28)14-9-15-24(19)32(37(3,35)36)18-26(33)31(17-21-12-7-8-13-23(21)29)25(27(34)30-2)16-20-10-5-4-6-11-20/h4-15,25H,16-18H2,1-3H3,(H,30,34)/t25-/m1/s1. The van der Waals surface area contributed by atoms with E-state index in [0.717, 1.165) is 16.1 Å². The molecule has 0 aromatic heterocycles. The number of nitrogens with zero attached hydrogens (tertiary/aromatic N) is 2. The maximum atomic E-state index is 13.9. The van der Waals surface area contributed by atoms with Crippen molar-refractivity contribution in [2.24, 2.45) is 0 Å². The first kappa shape index (κ1) is 28.5. The summed E-state index contributed by atoms with van der Waals surface area (Å²) in [6.07, 6.45) is 1.25. The predicted octanol–water partition coefficient (Wildman–Crippen LogP) is 4.45. The van der Waals surface area contributed by atoms with Gasteiger partial charge in [0.1, 0.15) is 12.6 Å². The molecule has 3 aromatic carbocycles. The number of carbonyl (C=O) groups excluding carboxylic acids is 2. The summed E-state index contributed by atoms with van der Waals surface area (Å²) in [4.78, 5) is 28.4. The highest BCUT2D eigenvalue weighted by Crippen LogP contribution is 2.29. The second kappa shape index (κ2) is 12.4. The molecule has 3 rings (SSSR count). The molecule has 1 atom stereocenters. The van der Waals surface area contributed by atoms with Gasteiger partial charge < -0.3 is 10.2 Å². The summed E-state index contributed by atoms with van der Waals surface area (Å²) in [6.45, 7) is 1.17. The zero-order chi connectivity index (χ0) is 27.2. The zero-order valence-corrected chi connectivity index (χ0v) is 23.1. The SMILES string of the molecule is CNC(=O)[C@@H](Cc1ccccc1)N(Cc1ccccc1Cl)C(=O)CN(c1cccc(Cl)c1C)S(C)(=O)=O. The highest BCUT2D eigenvalue weighted by molar-refractivity contribution is 7.92. The first-order valence-electron chi connectivity index (χ1n) is 11.5. The van der Waals surface area contributed by atoms with Crippen molar-refractivity contribution in [1.82, 2.24) is 10.2 Å². The molecule has 10 heteroatoms. The summed E-state index contributed by atoms with van der Waals surface area (Å²) < 4.78 is 26.7. The largest absolute Gasteiger partial charge is 0.357 e. The molecule has 0 saturated carbocycles. The molecule has 0 heterocycles. The number of nitrogens with one attached hydrogen (secondary N) is 1. The van der Waals surface area contributed by atoms with Crippen molar-refractivity contribution in [3.63, 3.8) is 0 Å². The Labute approximate surface area is 228 Å². The molecule has 0 bridgehead atoms. The van der Waals surface area contributed by atoms with Gasteiger partial charge in [0, 0.05) is 30.1 Å². The number of likely N-dealkylation sites (N-methyl/N-ethyl adjacent to an activating group) is 1. The maximum Gasteiger partial charge on any atom is 0.244 e. The van der Waals surface area contributed by atoms with Gasteiger partial charge in [-0.1, -0.05) is 77.8 Å². The summed E-state index contributed by atoms with van der Waals surface area (Å²) in [5.41, 5.74) is 2.29. The number of amides is 2. The number of hydrogen-bond donors (Lipinski definition) is 1. The normalized spacial score (nSPS) is 12.0. The van der Waals surface area contributed by atoms with Crippen molar-refractivity contribution in [3.05, 3.63) is 99.5 Å². The molecular weight excluding hydrogens is 533 g/mol. The number of benzene rings is 3. The summed E-state index contributed by atoms with van der Waals surface area (Å²) in [7, 11) is -2.38. The summed E-state index contributed by atoms with van der Waals surface area (Å²) in [5, 5.41) is 3.44. The minimum atomic E-state index is -3.88. The molecule has 0 unspecified atom stereocenters. The van der Waals surface area contributed by atoms with Crippen molar-refractivity contribution >= 4 is 50.7 Å². The second-order valence-electron chi connectivity index (χ2n) is 8.59. The van der Waals surface area contributed by atoms with Gasteiger partial charge in [-0.25, -0.2) is 8.42 Å². The van der Waals surface area contributed by atoms with Crippen molar-refractivity contribution in [3.8, 4) is 0 Å². The van der Waals surface area contributed by atoms with E-state index < -0.39 is 28.5 Å². The van der Waals surface area contributed by atoms with Crippen molar-refractivity contribution in [2.45, 2.75) is 25.9 Å². The molecule has 2 amide bonds. The van der Waals surface area contributed by atoms with Crippen LogP contribution < -0.4 is 9.62 Å². The van der Waals surface area contributed by atoms with Crippen molar-refractivity contribution < 1.29 is 18.0 Å². The fourth-order valence-corrected chi connectivity index (χ4v) is 5.26. The fourth-order valence-electron chi connectivity index (χ4n) is 3.99. The third kappa shape index (κ3) is 7.25. The summed E-state index contributed by atoms with van der Waals surface area (Å²) >= 11 is 12.7. The number of hydrogen-bond acceptors (Lipinski definition) is 4. The van der Waals surface area contributed by atoms with Crippen LogP contribution in [0.3, 0.4) is 0 Å². The Kier molecular flexibility index (Phi) is 9.59. The molecule has 7 nitrogen and oxygen atoms in total. The number of anilines is 1. The minimum absolute atomic E-state index is 0.00948. The Morgan fingerprint density at radius 3 is 2.16 bits per heavy atom. The van der Waals surface area contributed by atoms with Crippen molar-refractivity contribution in [1.29, 1.82) is 0 Å². The third-order valence-corrected chi connectivity index (χ3v) is 7.91. The third-order valence-electron chi connectivity index (χ3n) is 6.00. The Bertz CT molecular complexity index is 1370. The van der Waals surface area contributed by atoms with E-state index >= 15 is 0 Å². The lowest BCUT2D eigenvalue weighted by molar-refractivity contribution is -0.139. The van der Waals surface area contributed by atoms with Gasteiger partial charge in [-0.2, -0.15) is 0 Å². The lowest BCUT2D eigenvalue weighted by atomic mass is 10.0. The first-order valence-corrected chi connectivity index (χ1v) is 14.1. The van der Waals surface area contributed by atoms with E-state index in [1.165, 1.54) is 11.9 Å². The van der Waals surface area contributed by atoms with Crippen LogP contribution in [0.5, 0.6) is 0 Å². The molecule has 0 spiro atoms. The fraction of sp³-hybridized carbons (Fsp3) is 0.259. The van der Waals surface area contributed by atoms with Gasteiger partial charge in [0.05, 0.1) is 11.9 Å². The van der Waals surface area contributed by atoms with E-state index in [9.17, 15) is 18.0 Å². The smallest absolute Gasteiger partial charge is 0.244 e. The summed E-state index contributed by atoms with van der Waals surface area (Å²) in [6, 6.07) is 20.3. The van der Waals surface area contributed by atoms with E-state index in [1.807, 2.05) is 30.3 Å². The lowest BCUT2D eigenvalue weighted by Gasteiger charge is -2.33. The van der Waals surface area contributed by atoms with Gasteiger partial charge >= 0.3 is 0 Å². The molecule has 0 fully saturated rings. The molecule has 1 N–H and O–H groups in total. The Morgan fingerprint density at radius 1 is 0.919 bits per heavy atom. The van der Waals surface area contributed by atoms with Crippen LogP contribution in [0.25, 0.3) is 0 Å². The van der Waals surface area contributed by atoms with Crippen LogP contribution in [0.15, 0.2) is 72.8 Å². The second-order valence-corrected chi connectivity index (χ2v) is 11.3. The Balaban J connectivity index is 2.07. The highest BCUT2D eigenvalue weighted by Gasteiger charge is 2.33. The maximum absolute atomic E-state index is 13.9. The average Bonchev–Trinajstić information content (AvgIpc) is 2.87. The van der Waals surface area contributed by atoms with Gasteiger partial charge in [0.15, 0.2) is 0 Å². The zero-order valence-electron chi connectivity index (χ0n) is 20.8. The van der Waals surface area contributed by atoms with Gasteiger partial charge in [0.25, 0.3) is 0 Å². The lowest BCUT2D eigenvalue weighted by Crippen LogP contribution is -2.53. The molecule has 0 radical (unpaired) electrons. The van der Waals surface area contributed by atoms with Gasteiger partial charge in [-0.15, -0.1) is 0 Å². The van der Waals surface area contributed by atoms with Gasteiger partial charge in [-0.05, 0) is 41.8 Å². The Morgan fingerprint density at radius 2 is 1.54 bits per heavy atom. The number of carbonyl (C=O) groups is 2. The highest BCUT2D eigenvalue weighted by atomic mass is 35.5. The number of rotatable bonds is 10. The van der Waals surface area contributed by atoms with E-state index in [1.54, 1.807) is 49.4 Å². The molecule has 0 aliphatic carbocycles. The Hall–Kier alpha value is -3.07. The van der Waals surface area contributed by atoms with E-state index in [0.29, 0.717) is 26.9 Å². The minimum Gasteiger partial charge on any atom is -0.357 e. The van der Waals surface area contributed by atoms with E-state index in [4.69, 9.17) is 23.2 Å². The molecule has 196 valence electrons. The van der Waals surface area contributed by atoms with Gasteiger partial charge in [0.2, 0.25) is 21.8 Å². The predicted molar refractivity (Wildman–Crippen MR) is 148 cm³/mol. The van der Waals surface area contributed by atoms with Crippen LogP contribution in [-0.2, 0) is 32.6 Å². The van der Waals surface area contributed by atoms with E-state index in [2.05, 4.69) is 5.32 Å². The summed E-state index contributed by atoms with van der Waals surface area (Å²) in [5.74, 6) is -0.941. The van der Waals surface area contributed by atoms with E-state index in [-0.39, 0.29) is 18.9 Å². The molecule has 3 aromatic rings. The molecule has 0 saturated heterocycles. The topological polar surface area (TPSA) is 86.8 Å². The first-order chi connectivity index (χ1) is 17.5. The number of halogens is 2.